The Morgan fingerprint density at radius 1 is 1.22 bits per heavy atom. The molecular weight excluding hydrogens is 260 g/mol. The Balaban J connectivity index is 0.000000280. The van der Waals surface area contributed by atoms with Gasteiger partial charge in [0.25, 0.3) is 5.91 Å². The number of carbonyl (C=O) groups excluding carboxylic acids is 1. The molecule has 2 N–H and O–H groups in total. The van der Waals surface area contributed by atoms with Gasteiger partial charge in [-0.15, -0.1) is 0 Å². The van der Waals surface area contributed by atoms with E-state index in [-0.39, 0.29) is 5.91 Å². The van der Waals surface area contributed by atoms with E-state index in [1.807, 2.05) is 37.3 Å². The molecule has 1 aromatic rings. The highest BCUT2D eigenvalue weighted by atomic mass is 32.3. The topological polar surface area (TPSA) is 107 Å². The molecule has 8 heteroatoms. The van der Waals surface area contributed by atoms with E-state index in [0.717, 1.165) is 11.4 Å². The first-order valence-electron chi connectivity index (χ1n) is 4.89. The molecule has 0 fully saturated rings. The lowest BCUT2D eigenvalue weighted by Gasteiger charge is -2.10. The van der Waals surface area contributed by atoms with Crippen LogP contribution in [0, 0.1) is 0 Å². The predicted molar refractivity (Wildman–Crippen MR) is 65.8 cm³/mol. The van der Waals surface area contributed by atoms with Crippen LogP contribution in [0.15, 0.2) is 35.4 Å². The van der Waals surface area contributed by atoms with Crippen LogP contribution in [0.25, 0.3) is 0 Å². The van der Waals surface area contributed by atoms with E-state index < -0.39 is 10.4 Å². The summed E-state index contributed by atoms with van der Waals surface area (Å²) >= 11 is 0. The van der Waals surface area contributed by atoms with Crippen molar-refractivity contribution in [2.75, 3.05) is 5.01 Å². The summed E-state index contributed by atoms with van der Waals surface area (Å²) < 4.78 is 31.6. The number of carbonyl (C=O) groups is 1. The maximum absolute atomic E-state index is 11.4. The van der Waals surface area contributed by atoms with Gasteiger partial charge in [-0.3, -0.25) is 13.9 Å². The Morgan fingerprint density at radius 3 is 2.11 bits per heavy atom. The molecular formula is C10H12N2O5S. The third-order valence-electron chi connectivity index (χ3n) is 1.91. The lowest BCUT2D eigenvalue weighted by atomic mass is 10.3. The largest absolute Gasteiger partial charge is 0.394 e. The Morgan fingerprint density at radius 2 is 1.72 bits per heavy atom. The average molecular weight is 272 g/mol. The second kappa shape index (κ2) is 5.71. The number of hydrazone groups is 1. The quantitative estimate of drug-likeness (QED) is 0.745. The van der Waals surface area contributed by atoms with Crippen molar-refractivity contribution in [1.29, 1.82) is 0 Å². The highest BCUT2D eigenvalue weighted by molar-refractivity contribution is 7.79. The van der Waals surface area contributed by atoms with Gasteiger partial charge in [-0.2, -0.15) is 13.5 Å². The van der Waals surface area contributed by atoms with Crippen molar-refractivity contribution in [2.24, 2.45) is 5.10 Å². The maximum Gasteiger partial charge on any atom is 0.394 e. The third kappa shape index (κ3) is 5.04. The van der Waals surface area contributed by atoms with E-state index in [2.05, 4.69) is 5.10 Å². The van der Waals surface area contributed by atoms with E-state index in [4.69, 9.17) is 17.5 Å². The Kier molecular flexibility index (Phi) is 4.54. The van der Waals surface area contributed by atoms with Gasteiger partial charge in [0.15, 0.2) is 0 Å². The lowest BCUT2D eigenvalue weighted by molar-refractivity contribution is -0.116. The number of anilines is 1. The molecule has 18 heavy (non-hydrogen) atoms. The SMILES string of the molecule is CC1=NN(c2ccccc2)C(=O)C1.O=S(=O)(O)O. The number of benzene rings is 1. The molecule has 1 aliphatic rings. The summed E-state index contributed by atoms with van der Waals surface area (Å²) in [4.78, 5) is 11.4. The van der Waals surface area contributed by atoms with Gasteiger partial charge in [0.05, 0.1) is 12.1 Å². The van der Waals surface area contributed by atoms with E-state index in [0.29, 0.717) is 6.42 Å². The van der Waals surface area contributed by atoms with Crippen LogP contribution >= 0.6 is 0 Å². The van der Waals surface area contributed by atoms with Crippen molar-refractivity contribution in [3.63, 3.8) is 0 Å². The van der Waals surface area contributed by atoms with Crippen LogP contribution in [0.3, 0.4) is 0 Å². The summed E-state index contributed by atoms with van der Waals surface area (Å²) in [5.41, 5.74) is 1.71. The number of hydrogen-bond acceptors (Lipinski definition) is 4. The molecule has 98 valence electrons. The number of rotatable bonds is 1. The maximum atomic E-state index is 11.4. The van der Waals surface area contributed by atoms with Crippen molar-refractivity contribution in [3.8, 4) is 0 Å². The fraction of sp³-hybridized carbons (Fsp3) is 0.200. The van der Waals surface area contributed by atoms with Crippen LogP contribution in [-0.2, 0) is 15.2 Å². The van der Waals surface area contributed by atoms with Crippen LogP contribution in [0.4, 0.5) is 5.69 Å². The van der Waals surface area contributed by atoms with Gasteiger partial charge in [-0.05, 0) is 19.1 Å². The number of para-hydroxylation sites is 1. The zero-order valence-electron chi connectivity index (χ0n) is 9.52. The Hall–Kier alpha value is -1.77. The first-order chi connectivity index (χ1) is 8.27. The smallest absolute Gasteiger partial charge is 0.272 e. The van der Waals surface area contributed by atoms with E-state index in [1.165, 1.54) is 5.01 Å². The summed E-state index contributed by atoms with van der Waals surface area (Å²) in [7, 11) is -4.67. The summed E-state index contributed by atoms with van der Waals surface area (Å²) in [6.45, 7) is 1.86. The van der Waals surface area contributed by atoms with Crippen molar-refractivity contribution >= 4 is 27.7 Å². The molecule has 0 radical (unpaired) electrons. The summed E-state index contributed by atoms with van der Waals surface area (Å²) in [6, 6.07) is 9.46. The van der Waals surface area contributed by atoms with Crippen LogP contribution in [0.1, 0.15) is 13.3 Å². The minimum Gasteiger partial charge on any atom is -0.272 e. The van der Waals surface area contributed by atoms with Crippen molar-refractivity contribution < 1.29 is 22.3 Å². The molecule has 1 heterocycles. The minimum atomic E-state index is -4.67. The molecule has 1 amide bonds. The molecule has 0 saturated heterocycles. The molecule has 0 saturated carbocycles. The van der Waals surface area contributed by atoms with Gasteiger partial charge in [0.2, 0.25) is 0 Å². The molecule has 0 unspecified atom stereocenters. The summed E-state index contributed by atoms with van der Waals surface area (Å²) in [5, 5.41) is 5.59. The van der Waals surface area contributed by atoms with E-state index >= 15 is 0 Å². The second-order valence-electron chi connectivity index (χ2n) is 3.50. The molecule has 1 aliphatic heterocycles. The number of amides is 1. The molecule has 2 rings (SSSR count). The molecule has 0 bridgehead atoms. The highest BCUT2D eigenvalue weighted by Crippen LogP contribution is 2.19. The van der Waals surface area contributed by atoms with Crippen LogP contribution in [-0.4, -0.2) is 29.1 Å². The van der Waals surface area contributed by atoms with E-state index in [9.17, 15) is 4.79 Å². The first kappa shape index (κ1) is 14.3. The minimum absolute atomic E-state index is 0.0451. The number of hydrogen-bond donors (Lipinski definition) is 2. The van der Waals surface area contributed by atoms with Crippen LogP contribution in [0.5, 0.6) is 0 Å². The van der Waals surface area contributed by atoms with Gasteiger partial charge in [0.1, 0.15) is 0 Å². The molecule has 0 aliphatic carbocycles. The fourth-order valence-corrected chi connectivity index (χ4v) is 1.33. The van der Waals surface area contributed by atoms with Gasteiger partial charge in [0, 0.05) is 5.71 Å². The first-order valence-corrected chi connectivity index (χ1v) is 6.29. The van der Waals surface area contributed by atoms with Gasteiger partial charge < -0.3 is 0 Å². The zero-order chi connectivity index (χ0) is 13.8. The molecule has 7 nitrogen and oxygen atoms in total. The standard InChI is InChI=1S/C10H10N2O.H2O4S/c1-8-7-10(13)12(11-8)9-5-3-2-4-6-9;1-5(2,3)4/h2-6H,7H2,1H3;(H2,1,2,3,4). The Labute approximate surface area is 104 Å². The monoisotopic (exact) mass is 272 g/mol. The predicted octanol–water partition coefficient (Wildman–Crippen LogP) is 1.15. The summed E-state index contributed by atoms with van der Waals surface area (Å²) in [5.74, 6) is 0.0451. The van der Waals surface area contributed by atoms with Crippen molar-refractivity contribution in [1.82, 2.24) is 0 Å². The van der Waals surface area contributed by atoms with Crippen molar-refractivity contribution in [3.05, 3.63) is 30.3 Å². The van der Waals surface area contributed by atoms with Gasteiger partial charge in [-0.25, -0.2) is 5.01 Å². The van der Waals surface area contributed by atoms with Gasteiger partial charge in [-0.1, -0.05) is 18.2 Å². The average Bonchev–Trinajstić information content (AvgIpc) is 2.57. The normalized spacial score (nSPS) is 14.9. The zero-order valence-corrected chi connectivity index (χ0v) is 10.3. The number of nitrogens with zero attached hydrogens (tertiary/aromatic N) is 2. The van der Waals surface area contributed by atoms with Crippen LogP contribution in [0.2, 0.25) is 0 Å². The van der Waals surface area contributed by atoms with Crippen molar-refractivity contribution in [2.45, 2.75) is 13.3 Å². The van der Waals surface area contributed by atoms with Gasteiger partial charge >= 0.3 is 10.4 Å². The third-order valence-corrected chi connectivity index (χ3v) is 1.91. The Bertz CT molecular complexity index is 545. The molecule has 0 atom stereocenters. The summed E-state index contributed by atoms with van der Waals surface area (Å²) in [6.07, 6.45) is 0.439. The highest BCUT2D eigenvalue weighted by Gasteiger charge is 2.21. The molecule has 0 spiro atoms. The molecule has 0 aromatic heterocycles. The lowest BCUT2D eigenvalue weighted by Crippen LogP contribution is -2.19. The van der Waals surface area contributed by atoms with E-state index in [1.54, 1.807) is 0 Å². The fourth-order valence-electron chi connectivity index (χ4n) is 1.33. The second-order valence-corrected chi connectivity index (χ2v) is 4.40. The van der Waals surface area contributed by atoms with Crippen LogP contribution < -0.4 is 5.01 Å². The molecule has 1 aromatic carbocycles.